The molecule has 0 heterocycles. The van der Waals surface area contributed by atoms with E-state index in [9.17, 15) is 24.3 Å². The lowest BCUT2D eigenvalue weighted by atomic mass is 9.84. The first-order valence-electron chi connectivity index (χ1n) is 20.9. The number of aliphatic hydroxyl groups is 1. The van der Waals surface area contributed by atoms with Crippen LogP contribution < -0.4 is 10.6 Å². The van der Waals surface area contributed by atoms with Gasteiger partial charge in [-0.15, -0.1) is 0 Å². The van der Waals surface area contributed by atoms with E-state index in [-0.39, 0.29) is 72.5 Å². The molecule has 0 saturated carbocycles. The predicted molar refractivity (Wildman–Crippen MR) is 235 cm³/mol. The molecule has 0 fully saturated rings. The zero-order valence-corrected chi connectivity index (χ0v) is 38.3. The fraction of sp³-hybridized carbons (Fsp3) is 0.773. The molecule has 0 aliphatic heterocycles. The molecule has 0 aliphatic rings. The number of nitrogens with one attached hydrogen (secondary N) is 2. The summed E-state index contributed by atoms with van der Waals surface area (Å²) in [6, 6.07) is -1.48. The maximum atomic E-state index is 14.3. The van der Waals surface area contributed by atoms with Gasteiger partial charge in [-0.25, -0.2) is 0 Å². The minimum Gasteiger partial charge on any atom is -0.386 e. The van der Waals surface area contributed by atoms with Gasteiger partial charge in [0.15, 0.2) is 0 Å². The quantitative estimate of drug-likeness (QED) is 0.0745. The summed E-state index contributed by atoms with van der Waals surface area (Å²) in [5.74, 6) is -0.202. The second-order valence-electron chi connectivity index (χ2n) is 15.6. The van der Waals surface area contributed by atoms with Gasteiger partial charge in [-0.3, -0.25) is 24.1 Å². The number of thioether (sulfide) groups is 1. The normalized spacial score (nSPS) is 16.0. The Balaban J connectivity index is 0. The molecule has 7 unspecified atom stereocenters. The molecule has 0 saturated heterocycles. The van der Waals surface area contributed by atoms with Crippen molar-refractivity contribution in [2.45, 2.75) is 151 Å². The van der Waals surface area contributed by atoms with Gasteiger partial charge in [0.1, 0.15) is 0 Å². The van der Waals surface area contributed by atoms with Crippen molar-refractivity contribution >= 4 is 35.4 Å². The molecule has 11 heteroatoms. The zero-order valence-electron chi connectivity index (χ0n) is 37.5. The number of amides is 4. The van der Waals surface area contributed by atoms with E-state index < -0.39 is 18.1 Å². The predicted octanol–water partition coefficient (Wildman–Crippen LogP) is 7.34. The van der Waals surface area contributed by atoms with E-state index in [4.69, 9.17) is 0 Å². The van der Waals surface area contributed by atoms with Crippen LogP contribution in [0.15, 0.2) is 37.0 Å². The Morgan fingerprint density at radius 2 is 1.45 bits per heavy atom. The van der Waals surface area contributed by atoms with E-state index in [2.05, 4.69) is 65.3 Å². The fourth-order valence-electron chi connectivity index (χ4n) is 7.12. The number of hydrogen-bond acceptors (Lipinski definition) is 7. The molecule has 55 heavy (non-hydrogen) atoms. The van der Waals surface area contributed by atoms with Gasteiger partial charge in [0.05, 0.1) is 30.7 Å². The smallest absolute Gasteiger partial charge is 0.241 e. The van der Waals surface area contributed by atoms with Crippen molar-refractivity contribution in [3.05, 3.63) is 37.0 Å². The monoisotopic (exact) mass is 794 g/mol. The second-order valence-corrected chi connectivity index (χ2v) is 16.6. The number of unbranched alkanes of at least 4 members (excludes halogenated alkanes) is 1. The summed E-state index contributed by atoms with van der Waals surface area (Å²) in [5.41, 5.74) is 0.560. The van der Waals surface area contributed by atoms with Crippen LogP contribution >= 0.6 is 11.8 Å². The van der Waals surface area contributed by atoms with E-state index in [0.29, 0.717) is 18.5 Å². The Morgan fingerprint density at radius 1 is 0.855 bits per heavy atom. The molecule has 0 radical (unpaired) electrons. The van der Waals surface area contributed by atoms with Crippen molar-refractivity contribution in [2.24, 2.45) is 23.7 Å². The van der Waals surface area contributed by atoms with Crippen LogP contribution in [-0.4, -0.2) is 119 Å². The summed E-state index contributed by atoms with van der Waals surface area (Å²) in [5, 5.41) is 16.7. The standard InChI is InChI=1S/C41H75N5O5S.C3H8/c1-15-20-23-46(34(22-17-3)31(10)40(50)43-32(11)39(49)33(19-5)21-16-2)35(47)26-30(9)38(29(8)18-4)45(13)36(48)27-42-41(51)37(28(6)7)44(12)24-25-52-14;1-3-2/h16,19,21,28-32,34,37-39,49H,2,5,15,17-18,20,22-27H2,1,3-4,6-14H3,(H,42,51)(H,43,50);3H2,1-2H3/b33-21+;/t29?,30?,31?,32?,34-,37?,38?,39?;/m1./s1. The van der Waals surface area contributed by atoms with Gasteiger partial charge in [0.2, 0.25) is 23.6 Å². The summed E-state index contributed by atoms with van der Waals surface area (Å²) in [4.78, 5) is 60.5. The van der Waals surface area contributed by atoms with Gasteiger partial charge in [0.25, 0.3) is 0 Å². The lowest BCUT2D eigenvalue weighted by Gasteiger charge is -2.40. The van der Waals surface area contributed by atoms with Gasteiger partial charge < -0.3 is 25.5 Å². The molecule has 8 atom stereocenters. The van der Waals surface area contributed by atoms with Crippen LogP contribution in [-0.2, 0) is 19.2 Å². The van der Waals surface area contributed by atoms with Gasteiger partial charge in [-0.05, 0) is 56.4 Å². The van der Waals surface area contributed by atoms with Crippen molar-refractivity contribution in [3.8, 4) is 0 Å². The number of carbonyl (C=O) groups excluding carboxylic acids is 4. The van der Waals surface area contributed by atoms with E-state index in [0.717, 1.165) is 38.0 Å². The van der Waals surface area contributed by atoms with E-state index in [1.54, 1.807) is 48.9 Å². The molecular formula is C44H83N5O5S. The molecule has 3 N–H and O–H groups in total. The van der Waals surface area contributed by atoms with Gasteiger partial charge in [-0.2, -0.15) is 11.8 Å². The van der Waals surface area contributed by atoms with Crippen molar-refractivity contribution in [3.63, 3.8) is 0 Å². The van der Waals surface area contributed by atoms with Crippen molar-refractivity contribution in [1.82, 2.24) is 25.3 Å². The highest BCUT2D eigenvalue weighted by molar-refractivity contribution is 7.98. The minimum absolute atomic E-state index is 0.0366. The molecule has 10 nitrogen and oxygen atoms in total. The number of carbonyl (C=O) groups is 4. The molecule has 0 aromatic rings. The summed E-state index contributed by atoms with van der Waals surface area (Å²) in [7, 11) is 3.72. The number of allylic oxidation sites excluding steroid dienone is 2. The maximum Gasteiger partial charge on any atom is 0.241 e. The Bertz CT molecular complexity index is 1160. The molecule has 0 aromatic carbocycles. The fourth-order valence-corrected chi connectivity index (χ4v) is 7.59. The van der Waals surface area contributed by atoms with Crippen LogP contribution in [0.25, 0.3) is 0 Å². The highest BCUT2D eigenvalue weighted by atomic mass is 32.2. The first kappa shape index (κ1) is 54.5. The van der Waals surface area contributed by atoms with E-state index in [1.165, 1.54) is 6.42 Å². The molecule has 0 spiro atoms. The Labute approximate surface area is 341 Å². The first-order valence-corrected chi connectivity index (χ1v) is 22.2. The van der Waals surface area contributed by atoms with Crippen LogP contribution in [0, 0.1) is 23.7 Å². The lowest BCUT2D eigenvalue weighted by molar-refractivity contribution is -0.141. The molecule has 0 rings (SSSR count). The summed E-state index contributed by atoms with van der Waals surface area (Å²) >= 11 is 1.73. The molecule has 0 bridgehead atoms. The Hall–Kier alpha value is -2.63. The number of likely N-dealkylation sites (N-methyl/N-ethyl adjacent to an activating group) is 2. The molecule has 4 amide bonds. The van der Waals surface area contributed by atoms with Gasteiger partial charge >= 0.3 is 0 Å². The topological polar surface area (TPSA) is 122 Å². The van der Waals surface area contributed by atoms with Crippen LogP contribution in [0.5, 0.6) is 0 Å². The summed E-state index contributed by atoms with van der Waals surface area (Å²) in [6.45, 7) is 30.9. The average Bonchev–Trinajstić information content (AvgIpc) is 3.14. The van der Waals surface area contributed by atoms with Gasteiger partial charge in [-0.1, -0.05) is 126 Å². The third-order valence-electron chi connectivity index (χ3n) is 10.4. The molecule has 0 aromatic heterocycles. The van der Waals surface area contributed by atoms with Crippen LogP contribution in [0.2, 0.25) is 0 Å². The molecular weight excluding hydrogens is 711 g/mol. The zero-order chi connectivity index (χ0) is 42.8. The maximum absolute atomic E-state index is 14.3. The number of rotatable bonds is 27. The third-order valence-corrected chi connectivity index (χ3v) is 11.0. The highest BCUT2D eigenvalue weighted by Crippen LogP contribution is 2.27. The lowest BCUT2D eigenvalue weighted by Crippen LogP contribution is -2.54. The van der Waals surface area contributed by atoms with Crippen molar-refractivity contribution < 1.29 is 24.3 Å². The van der Waals surface area contributed by atoms with E-state index >= 15 is 0 Å². The minimum atomic E-state index is -0.955. The largest absolute Gasteiger partial charge is 0.386 e. The van der Waals surface area contributed by atoms with Crippen LogP contribution in [0.4, 0.5) is 0 Å². The third kappa shape index (κ3) is 19.4. The van der Waals surface area contributed by atoms with Gasteiger partial charge in [0, 0.05) is 44.4 Å². The molecule has 0 aliphatic carbocycles. The molecule has 320 valence electrons. The summed E-state index contributed by atoms with van der Waals surface area (Å²) < 4.78 is 0. The van der Waals surface area contributed by atoms with E-state index in [1.807, 2.05) is 50.8 Å². The number of hydrogen-bond donors (Lipinski definition) is 3. The Kier molecular flexibility index (Phi) is 30.2. The first-order chi connectivity index (χ1) is 25.9. The summed E-state index contributed by atoms with van der Waals surface area (Å²) in [6.07, 6.45) is 11.3. The number of aliphatic hydroxyl groups excluding tert-OH is 1. The second kappa shape index (κ2) is 30.5. The van der Waals surface area contributed by atoms with Crippen molar-refractivity contribution in [1.29, 1.82) is 0 Å². The van der Waals surface area contributed by atoms with Crippen LogP contribution in [0.1, 0.15) is 121 Å². The highest BCUT2D eigenvalue weighted by Gasteiger charge is 2.36. The SMILES string of the molecule is C=C/C=C(\C=C)C(O)C(C)NC(=O)C(C)[C@@H](CCC)N(CCCC)C(=O)CC(C)C(C(C)CC)N(C)C(=O)CNC(=O)C(C(C)C)N(C)CCSC.CCC. The average molecular weight is 794 g/mol. The number of nitrogens with zero attached hydrogens (tertiary/aromatic N) is 3. The Morgan fingerprint density at radius 3 is 1.93 bits per heavy atom. The van der Waals surface area contributed by atoms with Crippen molar-refractivity contribution in [2.75, 3.05) is 45.7 Å². The van der Waals surface area contributed by atoms with Crippen LogP contribution in [0.3, 0.4) is 0 Å².